The van der Waals surface area contributed by atoms with Crippen molar-refractivity contribution < 1.29 is 10.2 Å². The van der Waals surface area contributed by atoms with Crippen LogP contribution < -0.4 is 0 Å². The molecule has 1 aromatic carbocycles. The van der Waals surface area contributed by atoms with Gasteiger partial charge in [0.05, 0.1) is 19.3 Å². The monoisotopic (exact) mass is 235 g/mol. The molecule has 1 atom stereocenters. The van der Waals surface area contributed by atoms with Crippen molar-refractivity contribution in [1.82, 2.24) is 4.90 Å². The fourth-order valence-electron chi connectivity index (χ4n) is 2.07. The number of rotatable bonds is 7. The average Bonchev–Trinajstić information content (AvgIpc) is 2.31. The van der Waals surface area contributed by atoms with Crippen molar-refractivity contribution in [3.8, 4) is 0 Å². The molecule has 0 aliphatic carbocycles. The van der Waals surface area contributed by atoms with Crippen LogP contribution in [-0.2, 0) is 0 Å². The minimum absolute atomic E-state index is 0.0514. The second kappa shape index (κ2) is 7.22. The molecule has 2 N–H and O–H groups in total. The first kappa shape index (κ1) is 13.9. The molecule has 0 heterocycles. The van der Waals surface area contributed by atoms with Crippen molar-refractivity contribution in [2.24, 2.45) is 0 Å². The lowest BCUT2D eigenvalue weighted by atomic mass is 9.99. The summed E-state index contributed by atoms with van der Waals surface area (Å²) in [5, 5.41) is 18.2. The van der Waals surface area contributed by atoms with Gasteiger partial charge in [0.15, 0.2) is 0 Å². The topological polar surface area (TPSA) is 43.7 Å². The summed E-state index contributed by atoms with van der Waals surface area (Å²) in [6, 6.07) is 10.1. The summed E-state index contributed by atoms with van der Waals surface area (Å²) >= 11 is 0. The predicted octanol–water partition coefficient (Wildman–Crippen LogP) is 1.59. The Morgan fingerprint density at radius 3 is 2.12 bits per heavy atom. The maximum Gasteiger partial charge on any atom is 0.0558 e. The first-order valence-electron chi connectivity index (χ1n) is 5.86. The molecule has 0 aliphatic rings. The van der Waals surface area contributed by atoms with Gasteiger partial charge in [-0.25, -0.2) is 0 Å². The molecule has 0 saturated heterocycles. The molecular weight excluding hydrogens is 214 g/mol. The van der Waals surface area contributed by atoms with E-state index in [4.69, 9.17) is 10.2 Å². The summed E-state index contributed by atoms with van der Waals surface area (Å²) in [5.41, 5.74) is 2.15. The number of hydrogen-bond acceptors (Lipinski definition) is 3. The lowest BCUT2D eigenvalue weighted by Gasteiger charge is -2.31. The molecule has 0 saturated carbocycles. The van der Waals surface area contributed by atoms with E-state index in [0.29, 0.717) is 13.1 Å². The molecule has 0 amide bonds. The summed E-state index contributed by atoms with van der Waals surface area (Å²) in [4.78, 5) is 2.04. The Hall–Kier alpha value is -1.16. The van der Waals surface area contributed by atoms with Gasteiger partial charge in [-0.05, 0) is 12.5 Å². The number of aliphatic hydroxyl groups is 2. The predicted molar refractivity (Wildman–Crippen MR) is 69.7 cm³/mol. The number of hydrogen-bond donors (Lipinski definition) is 2. The molecule has 0 aliphatic heterocycles. The third-order valence-corrected chi connectivity index (χ3v) is 2.72. The molecule has 1 unspecified atom stereocenters. The van der Waals surface area contributed by atoms with E-state index in [0.717, 1.165) is 11.1 Å². The smallest absolute Gasteiger partial charge is 0.0558 e. The van der Waals surface area contributed by atoms with Gasteiger partial charge in [0.2, 0.25) is 0 Å². The molecular formula is C14H21NO2. The van der Waals surface area contributed by atoms with Crippen LogP contribution in [0.25, 0.3) is 0 Å². The van der Waals surface area contributed by atoms with E-state index in [9.17, 15) is 0 Å². The summed E-state index contributed by atoms with van der Waals surface area (Å²) in [7, 11) is 0. The van der Waals surface area contributed by atoms with Gasteiger partial charge in [0.25, 0.3) is 0 Å². The zero-order valence-electron chi connectivity index (χ0n) is 10.3. The largest absolute Gasteiger partial charge is 0.395 e. The summed E-state index contributed by atoms with van der Waals surface area (Å²) in [5.74, 6) is 0. The number of benzene rings is 1. The van der Waals surface area contributed by atoms with Crippen molar-refractivity contribution in [3.63, 3.8) is 0 Å². The molecule has 3 nitrogen and oxygen atoms in total. The maximum absolute atomic E-state index is 9.09. The van der Waals surface area contributed by atoms with Crippen LogP contribution >= 0.6 is 0 Å². The Morgan fingerprint density at radius 2 is 1.71 bits per heavy atom. The highest BCUT2D eigenvalue weighted by Gasteiger charge is 2.19. The van der Waals surface area contributed by atoms with Crippen molar-refractivity contribution in [2.45, 2.75) is 13.0 Å². The SMILES string of the molecule is C=C(C)C(c1ccccc1)N(CCO)CCO. The molecule has 3 heteroatoms. The van der Waals surface area contributed by atoms with Gasteiger partial charge in [0.1, 0.15) is 0 Å². The molecule has 0 fully saturated rings. The van der Waals surface area contributed by atoms with Crippen LogP contribution in [0, 0.1) is 0 Å². The Balaban J connectivity index is 2.94. The van der Waals surface area contributed by atoms with Crippen LogP contribution in [-0.4, -0.2) is 41.4 Å². The Kier molecular flexibility index (Phi) is 5.91. The molecule has 94 valence electrons. The van der Waals surface area contributed by atoms with E-state index in [1.807, 2.05) is 42.2 Å². The second-order valence-electron chi connectivity index (χ2n) is 4.14. The van der Waals surface area contributed by atoms with Gasteiger partial charge in [-0.1, -0.05) is 42.5 Å². The quantitative estimate of drug-likeness (QED) is 0.705. The van der Waals surface area contributed by atoms with Crippen LogP contribution in [0.2, 0.25) is 0 Å². The normalized spacial score (nSPS) is 12.7. The van der Waals surface area contributed by atoms with Gasteiger partial charge in [-0.3, -0.25) is 4.90 Å². The van der Waals surface area contributed by atoms with E-state index in [1.54, 1.807) is 0 Å². The van der Waals surface area contributed by atoms with Gasteiger partial charge in [-0.2, -0.15) is 0 Å². The first-order chi connectivity index (χ1) is 8.20. The number of nitrogens with zero attached hydrogens (tertiary/aromatic N) is 1. The van der Waals surface area contributed by atoms with Crippen LogP contribution in [0.3, 0.4) is 0 Å². The molecule has 0 spiro atoms. The summed E-state index contributed by atoms with van der Waals surface area (Å²) in [6.45, 7) is 7.21. The van der Waals surface area contributed by atoms with Crippen molar-refractivity contribution in [1.29, 1.82) is 0 Å². The van der Waals surface area contributed by atoms with E-state index < -0.39 is 0 Å². The lowest BCUT2D eigenvalue weighted by Crippen LogP contribution is -2.34. The van der Waals surface area contributed by atoms with Gasteiger partial charge in [-0.15, -0.1) is 0 Å². The summed E-state index contributed by atoms with van der Waals surface area (Å²) in [6.07, 6.45) is 0. The van der Waals surface area contributed by atoms with Crippen LogP contribution in [0.1, 0.15) is 18.5 Å². The summed E-state index contributed by atoms with van der Waals surface area (Å²) < 4.78 is 0. The van der Waals surface area contributed by atoms with Crippen LogP contribution in [0.15, 0.2) is 42.5 Å². The standard InChI is InChI=1S/C14H21NO2/c1-12(2)14(13-6-4-3-5-7-13)15(8-10-16)9-11-17/h3-7,14,16-17H,1,8-11H2,2H3. The van der Waals surface area contributed by atoms with Crippen molar-refractivity contribution in [3.05, 3.63) is 48.0 Å². The highest BCUT2D eigenvalue weighted by Crippen LogP contribution is 2.26. The molecule has 0 bridgehead atoms. The fourth-order valence-corrected chi connectivity index (χ4v) is 2.07. The van der Waals surface area contributed by atoms with Crippen molar-refractivity contribution >= 4 is 0 Å². The van der Waals surface area contributed by atoms with E-state index >= 15 is 0 Å². The molecule has 0 radical (unpaired) electrons. The van der Waals surface area contributed by atoms with Crippen LogP contribution in [0.4, 0.5) is 0 Å². The zero-order chi connectivity index (χ0) is 12.7. The maximum atomic E-state index is 9.09. The molecule has 1 aromatic rings. The Bertz CT molecular complexity index is 331. The third-order valence-electron chi connectivity index (χ3n) is 2.72. The minimum Gasteiger partial charge on any atom is -0.395 e. The number of aliphatic hydroxyl groups excluding tert-OH is 2. The van der Waals surface area contributed by atoms with E-state index in [2.05, 4.69) is 6.58 Å². The molecule has 1 rings (SSSR count). The molecule has 17 heavy (non-hydrogen) atoms. The van der Waals surface area contributed by atoms with E-state index in [-0.39, 0.29) is 19.3 Å². The third kappa shape index (κ3) is 3.97. The van der Waals surface area contributed by atoms with Crippen molar-refractivity contribution in [2.75, 3.05) is 26.3 Å². The first-order valence-corrected chi connectivity index (χ1v) is 5.86. The highest BCUT2D eigenvalue weighted by molar-refractivity contribution is 5.26. The van der Waals surface area contributed by atoms with Gasteiger partial charge in [0, 0.05) is 13.1 Å². The lowest BCUT2D eigenvalue weighted by molar-refractivity contribution is 0.135. The zero-order valence-corrected chi connectivity index (χ0v) is 10.3. The Morgan fingerprint density at radius 1 is 1.18 bits per heavy atom. The second-order valence-corrected chi connectivity index (χ2v) is 4.14. The molecule has 0 aromatic heterocycles. The average molecular weight is 235 g/mol. The van der Waals surface area contributed by atoms with E-state index in [1.165, 1.54) is 0 Å². The van der Waals surface area contributed by atoms with Crippen LogP contribution in [0.5, 0.6) is 0 Å². The van der Waals surface area contributed by atoms with Gasteiger partial charge >= 0.3 is 0 Å². The minimum atomic E-state index is 0.0514. The highest BCUT2D eigenvalue weighted by atomic mass is 16.3. The fraction of sp³-hybridized carbons (Fsp3) is 0.429. The van der Waals surface area contributed by atoms with Gasteiger partial charge < -0.3 is 10.2 Å². The Labute approximate surface area is 103 Å².